The number of hydrogen-bond donors (Lipinski definition) is 3. The van der Waals surface area contributed by atoms with E-state index in [1.165, 1.54) is 0 Å². The van der Waals surface area contributed by atoms with Gasteiger partial charge >= 0.3 is 0 Å². The van der Waals surface area contributed by atoms with Crippen molar-refractivity contribution in [1.82, 2.24) is 0 Å². The minimum atomic E-state index is -1.38. The maximum absolute atomic E-state index is 12.8. The number of hydrogen-bond acceptors (Lipinski definition) is 5. The van der Waals surface area contributed by atoms with E-state index in [4.69, 9.17) is 17.2 Å². The van der Waals surface area contributed by atoms with Gasteiger partial charge in [0, 0.05) is 6.07 Å². The van der Waals surface area contributed by atoms with Gasteiger partial charge in [0.1, 0.15) is 5.69 Å². The number of aryl methyl sites for hydroxylation is 1. The van der Waals surface area contributed by atoms with Gasteiger partial charge in [0.05, 0.1) is 16.3 Å². The summed E-state index contributed by atoms with van der Waals surface area (Å²) in [7, 11) is 0. The van der Waals surface area contributed by atoms with Crippen LogP contribution in [0.5, 0.6) is 0 Å². The van der Waals surface area contributed by atoms with E-state index in [0.29, 0.717) is 17.3 Å². The Morgan fingerprint density at radius 3 is 2.05 bits per heavy atom. The molecule has 0 atom stereocenters. The van der Waals surface area contributed by atoms with Crippen molar-refractivity contribution in [2.75, 3.05) is 17.2 Å². The normalized spacial score (nSPS) is 9.82. The lowest BCUT2D eigenvalue weighted by molar-refractivity contribution is -0.384. The third-order valence-corrected chi connectivity index (χ3v) is 2.71. The first-order valence-electron chi connectivity index (χ1n) is 5.84. The lowest BCUT2D eigenvalue weighted by Crippen LogP contribution is -2.00. The summed E-state index contributed by atoms with van der Waals surface area (Å²) >= 11 is 0. The molecule has 0 radical (unpaired) electrons. The first-order chi connectivity index (χ1) is 10.2. The van der Waals surface area contributed by atoms with Crippen LogP contribution >= 0.6 is 0 Å². The van der Waals surface area contributed by atoms with Gasteiger partial charge < -0.3 is 17.2 Å². The molecule has 0 unspecified atom stereocenters. The lowest BCUT2D eigenvalue weighted by Gasteiger charge is -2.02. The summed E-state index contributed by atoms with van der Waals surface area (Å²) in [6, 6.07) is 4.66. The summed E-state index contributed by atoms with van der Waals surface area (Å²) in [6.45, 7) is 1.64. The second-order valence-electron chi connectivity index (χ2n) is 4.25. The summed E-state index contributed by atoms with van der Waals surface area (Å²) in [6.07, 6.45) is 0. The van der Waals surface area contributed by atoms with E-state index in [-0.39, 0.29) is 5.69 Å². The molecule has 0 aromatic heterocycles. The maximum Gasteiger partial charge on any atom is 0.295 e. The van der Waals surface area contributed by atoms with Crippen molar-refractivity contribution in [2.45, 2.75) is 6.92 Å². The minimum absolute atomic E-state index is 0.0417. The SMILES string of the molecule is Cc1ccc(N)c(N)c1F.Nc1c([N+](=O)[O-])ccc(F)c1F. The average molecular weight is 314 g/mol. The van der Waals surface area contributed by atoms with Gasteiger partial charge in [0.15, 0.2) is 17.5 Å². The Balaban J connectivity index is 0.000000224. The zero-order valence-electron chi connectivity index (χ0n) is 11.4. The molecule has 0 heterocycles. The third kappa shape index (κ3) is 3.57. The number of nitro benzene ring substituents is 1. The van der Waals surface area contributed by atoms with Crippen molar-refractivity contribution >= 4 is 22.7 Å². The fraction of sp³-hybridized carbons (Fsp3) is 0.0769. The van der Waals surface area contributed by atoms with Gasteiger partial charge in [-0.15, -0.1) is 0 Å². The van der Waals surface area contributed by atoms with Crippen molar-refractivity contribution in [3.05, 3.63) is 57.4 Å². The standard InChI is InChI=1S/C7H9FN2.C6H4F2N2O2/c1-4-2-3-5(9)7(10)6(4)8;7-3-1-2-4(10(11)12)6(9)5(3)8/h2-3H,9-10H2,1H3;1-2H,9H2. The molecule has 0 spiro atoms. The van der Waals surface area contributed by atoms with Crippen molar-refractivity contribution in [3.8, 4) is 0 Å². The number of rotatable bonds is 1. The molecular weight excluding hydrogens is 301 g/mol. The summed E-state index contributed by atoms with van der Waals surface area (Å²) in [4.78, 5) is 9.24. The number of nitrogen functional groups attached to an aromatic ring is 3. The number of benzene rings is 2. The van der Waals surface area contributed by atoms with Crippen LogP contribution in [0.4, 0.5) is 35.9 Å². The number of anilines is 3. The van der Waals surface area contributed by atoms with Crippen molar-refractivity contribution in [2.24, 2.45) is 0 Å². The highest BCUT2D eigenvalue weighted by atomic mass is 19.2. The Morgan fingerprint density at radius 1 is 0.955 bits per heavy atom. The second-order valence-corrected chi connectivity index (χ2v) is 4.25. The van der Waals surface area contributed by atoms with Crippen molar-refractivity contribution < 1.29 is 18.1 Å². The number of halogens is 3. The van der Waals surface area contributed by atoms with Gasteiger partial charge in [0.25, 0.3) is 5.69 Å². The largest absolute Gasteiger partial charge is 0.397 e. The van der Waals surface area contributed by atoms with Crippen LogP contribution in [-0.4, -0.2) is 4.92 Å². The van der Waals surface area contributed by atoms with Crippen LogP contribution in [0.25, 0.3) is 0 Å². The van der Waals surface area contributed by atoms with E-state index in [0.717, 1.165) is 6.07 Å². The molecule has 118 valence electrons. The zero-order chi connectivity index (χ0) is 17.0. The number of nitro groups is 1. The predicted octanol–water partition coefficient (Wildman–Crippen LogP) is 2.75. The van der Waals surface area contributed by atoms with Gasteiger partial charge in [-0.3, -0.25) is 10.1 Å². The van der Waals surface area contributed by atoms with Gasteiger partial charge in [-0.1, -0.05) is 6.07 Å². The molecule has 0 aliphatic carbocycles. The third-order valence-electron chi connectivity index (χ3n) is 2.71. The van der Waals surface area contributed by atoms with Gasteiger partial charge in [-0.2, -0.15) is 0 Å². The Kier molecular flexibility index (Phi) is 5.17. The van der Waals surface area contributed by atoms with E-state index >= 15 is 0 Å². The second kappa shape index (κ2) is 6.66. The van der Waals surface area contributed by atoms with E-state index in [2.05, 4.69) is 0 Å². The Bertz CT molecular complexity index is 696. The fourth-order valence-corrected chi connectivity index (χ4v) is 1.43. The molecule has 0 saturated carbocycles. The van der Waals surface area contributed by atoms with Crippen LogP contribution in [0.15, 0.2) is 24.3 Å². The van der Waals surface area contributed by atoms with Crippen molar-refractivity contribution in [3.63, 3.8) is 0 Å². The smallest absolute Gasteiger partial charge is 0.295 e. The summed E-state index contributed by atoms with van der Waals surface area (Å²) in [5.41, 5.74) is 15.0. The fourth-order valence-electron chi connectivity index (χ4n) is 1.43. The maximum atomic E-state index is 12.8. The molecule has 2 rings (SSSR count). The molecule has 9 heteroatoms. The van der Waals surface area contributed by atoms with Crippen LogP contribution in [0.1, 0.15) is 5.56 Å². The molecule has 0 fully saturated rings. The van der Waals surface area contributed by atoms with E-state index in [1.807, 2.05) is 0 Å². The minimum Gasteiger partial charge on any atom is -0.397 e. The van der Waals surface area contributed by atoms with Crippen molar-refractivity contribution in [1.29, 1.82) is 0 Å². The molecule has 22 heavy (non-hydrogen) atoms. The molecule has 2 aromatic rings. The topological polar surface area (TPSA) is 121 Å². The average Bonchev–Trinajstić information content (AvgIpc) is 2.47. The molecule has 0 bridgehead atoms. The summed E-state index contributed by atoms with van der Waals surface area (Å²) in [5, 5.41) is 10.1. The number of nitrogens with zero attached hydrogens (tertiary/aromatic N) is 1. The zero-order valence-corrected chi connectivity index (χ0v) is 11.4. The molecule has 0 amide bonds. The molecule has 0 saturated heterocycles. The Morgan fingerprint density at radius 2 is 1.55 bits per heavy atom. The van der Waals surface area contributed by atoms with Gasteiger partial charge in [-0.05, 0) is 24.6 Å². The van der Waals surface area contributed by atoms with E-state index in [9.17, 15) is 23.3 Å². The monoisotopic (exact) mass is 314 g/mol. The van der Waals surface area contributed by atoms with E-state index in [1.54, 1.807) is 19.1 Å². The van der Waals surface area contributed by atoms with Crippen LogP contribution in [0.2, 0.25) is 0 Å². The molecule has 0 aliphatic rings. The predicted molar refractivity (Wildman–Crippen MR) is 77.4 cm³/mol. The van der Waals surface area contributed by atoms with Gasteiger partial charge in [-0.25, -0.2) is 13.2 Å². The number of nitrogens with two attached hydrogens (primary N) is 3. The molecular formula is C13H13F3N4O2. The molecule has 6 N–H and O–H groups in total. The van der Waals surface area contributed by atoms with Crippen LogP contribution in [-0.2, 0) is 0 Å². The Labute approximate surface area is 123 Å². The van der Waals surface area contributed by atoms with Gasteiger partial charge in [0.2, 0.25) is 0 Å². The molecule has 0 aliphatic heterocycles. The highest BCUT2D eigenvalue weighted by Crippen LogP contribution is 2.25. The summed E-state index contributed by atoms with van der Waals surface area (Å²) < 4.78 is 37.7. The Hall–Kier alpha value is -2.97. The first kappa shape index (κ1) is 17.1. The molecule has 6 nitrogen and oxygen atoms in total. The molecule has 2 aromatic carbocycles. The van der Waals surface area contributed by atoms with Crippen LogP contribution in [0.3, 0.4) is 0 Å². The highest BCUT2D eigenvalue weighted by molar-refractivity contribution is 5.64. The first-order valence-corrected chi connectivity index (χ1v) is 5.84. The van der Waals surface area contributed by atoms with Crippen LogP contribution in [0, 0.1) is 34.5 Å². The summed E-state index contributed by atoms with van der Waals surface area (Å²) in [5.74, 6) is -3.00. The quantitative estimate of drug-likeness (QED) is 0.424. The highest BCUT2D eigenvalue weighted by Gasteiger charge is 2.17. The van der Waals surface area contributed by atoms with Crippen LogP contribution < -0.4 is 17.2 Å². The lowest BCUT2D eigenvalue weighted by atomic mass is 10.2. The van der Waals surface area contributed by atoms with E-state index < -0.39 is 33.7 Å².